The first-order valence-corrected chi connectivity index (χ1v) is 10.1. The van der Waals surface area contributed by atoms with Crippen molar-refractivity contribution in [3.63, 3.8) is 0 Å². The van der Waals surface area contributed by atoms with E-state index in [-0.39, 0.29) is 0 Å². The quantitative estimate of drug-likeness (QED) is 0.665. The fourth-order valence-corrected chi connectivity index (χ4v) is 4.48. The standard InChI is InChI=1S/C19H21N3S.C2H2O4/c1-14-7-8-17-16(11-14)22(12-15-5-3-2-4-6-15)13-18(23-17)19-20-9-10-21-19;3-1(4)2(5)6/h2-8,11,18H,9-10,12-13H2,1H3,(H,20,21);(H,3,4)(H,5,6). The number of anilines is 1. The Morgan fingerprint density at radius 3 is 2.52 bits per heavy atom. The first kappa shape index (κ1) is 20.7. The second-order valence-electron chi connectivity index (χ2n) is 6.75. The van der Waals surface area contributed by atoms with Crippen molar-refractivity contribution in [3.05, 3.63) is 59.7 Å². The molecule has 0 radical (unpaired) electrons. The number of rotatable bonds is 3. The summed E-state index contributed by atoms with van der Waals surface area (Å²) >= 11 is 1.94. The number of benzene rings is 2. The first-order valence-electron chi connectivity index (χ1n) is 9.24. The van der Waals surface area contributed by atoms with Crippen LogP contribution in [-0.2, 0) is 16.1 Å². The lowest BCUT2D eigenvalue weighted by molar-refractivity contribution is -0.159. The van der Waals surface area contributed by atoms with Crippen LogP contribution in [0.2, 0.25) is 0 Å². The van der Waals surface area contributed by atoms with Gasteiger partial charge in [-0.05, 0) is 30.2 Å². The predicted molar refractivity (Wildman–Crippen MR) is 114 cm³/mol. The van der Waals surface area contributed by atoms with E-state index >= 15 is 0 Å². The highest BCUT2D eigenvalue weighted by molar-refractivity contribution is 8.01. The summed E-state index contributed by atoms with van der Waals surface area (Å²) in [6, 6.07) is 17.5. The Morgan fingerprint density at radius 1 is 1.17 bits per heavy atom. The van der Waals surface area contributed by atoms with Gasteiger partial charge in [0.15, 0.2) is 0 Å². The van der Waals surface area contributed by atoms with Gasteiger partial charge in [-0.15, -0.1) is 11.8 Å². The third kappa shape index (κ3) is 5.51. The van der Waals surface area contributed by atoms with E-state index < -0.39 is 11.9 Å². The largest absolute Gasteiger partial charge is 0.473 e. The molecule has 0 saturated heterocycles. The zero-order chi connectivity index (χ0) is 20.8. The Labute approximate surface area is 173 Å². The zero-order valence-electron chi connectivity index (χ0n) is 16.0. The molecule has 2 aliphatic rings. The number of carboxylic acid groups (broad SMARTS) is 2. The Hall–Kier alpha value is -3.00. The van der Waals surface area contributed by atoms with E-state index in [9.17, 15) is 0 Å². The number of carbonyl (C=O) groups is 2. The van der Waals surface area contributed by atoms with E-state index in [0.29, 0.717) is 5.25 Å². The molecule has 2 aromatic rings. The van der Waals surface area contributed by atoms with Crippen LogP contribution in [0.25, 0.3) is 0 Å². The fraction of sp³-hybridized carbons (Fsp3) is 0.286. The number of hydrogen-bond acceptors (Lipinski definition) is 6. The van der Waals surface area contributed by atoms with Crippen molar-refractivity contribution < 1.29 is 19.8 Å². The van der Waals surface area contributed by atoms with Gasteiger partial charge in [-0.1, -0.05) is 36.4 Å². The Balaban J connectivity index is 0.000000353. The molecular weight excluding hydrogens is 390 g/mol. The molecule has 3 N–H and O–H groups in total. The summed E-state index contributed by atoms with van der Waals surface area (Å²) in [5.41, 5.74) is 4.03. The van der Waals surface area contributed by atoms with Crippen LogP contribution in [-0.4, -0.2) is 52.9 Å². The van der Waals surface area contributed by atoms with Crippen LogP contribution < -0.4 is 10.2 Å². The lowest BCUT2D eigenvalue weighted by Gasteiger charge is -2.36. The average Bonchev–Trinajstić information content (AvgIpc) is 3.24. The Morgan fingerprint density at radius 2 is 1.90 bits per heavy atom. The highest BCUT2D eigenvalue weighted by Gasteiger charge is 2.29. The van der Waals surface area contributed by atoms with Crippen LogP contribution in [0.5, 0.6) is 0 Å². The van der Waals surface area contributed by atoms with Crippen molar-refractivity contribution in [1.82, 2.24) is 5.32 Å². The number of fused-ring (bicyclic) bond motifs is 1. The molecule has 1 atom stereocenters. The van der Waals surface area contributed by atoms with E-state index in [1.54, 1.807) is 0 Å². The maximum Gasteiger partial charge on any atom is 0.414 e. The third-order valence-corrected chi connectivity index (χ3v) is 5.77. The zero-order valence-corrected chi connectivity index (χ0v) is 16.9. The molecular formula is C21H23N3O4S. The lowest BCUT2D eigenvalue weighted by Crippen LogP contribution is -2.42. The Kier molecular flexibility index (Phi) is 6.77. The molecule has 29 heavy (non-hydrogen) atoms. The molecule has 1 unspecified atom stereocenters. The van der Waals surface area contributed by atoms with Gasteiger partial charge < -0.3 is 20.4 Å². The van der Waals surface area contributed by atoms with E-state index in [1.807, 2.05) is 11.8 Å². The highest BCUT2D eigenvalue weighted by atomic mass is 32.2. The minimum atomic E-state index is -1.82. The monoisotopic (exact) mass is 413 g/mol. The van der Waals surface area contributed by atoms with Crippen molar-refractivity contribution in [3.8, 4) is 0 Å². The van der Waals surface area contributed by atoms with Gasteiger partial charge >= 0.3 is 11.9 Å². The SMILES string of the molecule is Cc1ccc2c(c1)N(Cc1ccccc1)CC(C1=NCCN1)S2.O=C(O)C(=O)O. The highest BCUT2D eigenvalue weighted by Crippen LogP contribution is 2.40. The Bertz CT molecular complexity index is 905. The van der Waals surface area contributed by atoms with Crippen LogP contribution in [0.4, 0.5) is 5.69 Å². The molecule has 4 rings (SSSR count). The van der Waals surface area contributed by atoms with Crippen molar-refractivity contribution in [1.29, 1.82) is 0 Å². The van der Waals surface area contributed by atoms with Crippen molar-refractivity contribution in [2.75, 3.05) is 24.5 Å². The maximum absolute atomic E-state index is 9.10. The smallest absolute Gasteiger partial charge is 0.414 e. The molecule has 152 valence electrons. The van der Waals surface area contributed by atoms with Crippen molar-refractivity contribution in [2.24, 2.45) is 4.99 Å². The molecule has 0 spiro atoms. The molecule has 2 aromatic carbocycles. The number of aliphatic imine (C=N–C) groups is 1. The number of thioether (sulfide) groups is 1. The van der Waals surface area contributed by atoms with Crippen LogP contribution in [0.3, 0.4) is 0 Å². The molecule has 0 bridgehead atoms. The number of nitrogens with one attached hydrogen (secondary N) is 1. The minimum Gasteiger partial charge on any atom is -0.473 e. The van der Waals surface area contributed by atoms with Gasteiger partial charge in [0.25, 0.3) is 0 Å². The van der Waals surface area contributed by atoms with E-state index in [1.165, 1.54) is 27.5 Å². The number of carboxylic acids is 2. The summed E-state index contributed by atoms with van der Waals surface area (Å²) < 4.78 is 0. The lowest BCUT2D eigenvalue weighted by atomic mass is 10.1. The first-order chi connectivity index (χ1) is 13.9. The van der Waals surface area contributed by atoms with Crippen molar-refractivity contribution in [2.45, 2.75) is 23.6 Å². The summed E-state index contributed by atoms with van der Waals surface area (Å²) in [5, 5.41) is 18.6. The second-order valence-corrected chi connectivity index (χ2v) is 7.99. The van der Waals surface area contributed by atoms with Gasteiger partial charge in [0.1, 0.15) is 5.84 Å². The molecule has 7 nitrogen and oxygen atoms in total. The van der Waals surface area contributed by atoms with E-state index in [0.717, 1.165) is 26.2 Å². The van der Waals surface area contributed by atoms with Crippen LogP contribution in [0, 0.1) is 6.92 Å². The van der Waals surface area contributed by atoms with Crippen LogP contribution >= 0.6 is 11.8 Å². The summed E-state index contributed by atoms with van der Waals surface area (Å²) in [6.07, 6.45) is 0. The predicted octanol–water partition coefficient (Wildman–Crippen LogP) is 2.63. The normalized spacial score (nSPS) is 17.3. The molecule has 2 aliphatic heterocycles. The van der Waals surface area contributed by atoms with Gasteiger partial charge in [0.05, 0.1) is 17.5 Å². The molecule has 0 fully saturated rings. The van der Waals surface area contributed by atoms with Crippen LogP contribution in [0.15, 0.2) is 58.4 Å². The number of aliphatic carboxylic acids is 2. The van der Waals surface area contributed by atoms with E-state index in [2.05, 4.69) is 70.7 Å². The summed E-state index contributed by atoms with van der Waals surface area (Å²) in [5.74, 6) is -2.48. The molecule has 2 heterocycles. The summed E-state index contributed by atoms with van der Waals surface area (Å²) in [4.78, 5) is 26.7. The van der Waals surface area contributed by atoms with Gasteiger partial charge in [0.2, 0.25) is 0 Å². The van der Waals surface area contributed by atoms with Crippen molar-refractivity contribution >= 4 is 35.2 Å². The fourth-order valence-electron chi connectivity index (χ4n) is 3.19. The molecule has 8 heteroatoms. The summed E-state index contributed by atoms with van der Waals surface area (Å²) in [6.45, 7) is 6.00. The maximum atomic E-state index is 9.10. The molecule has 0 saturated carbocycles. The van der Waals surface area contributed by atoms with Gasteiger partial charge in [-0.3, -0.25) is 4.99 Å². The topological polar surface area (TPSA) is 102 Å². The molecule has 0 amide bonds. The van der Waals surface area contributed by atoms with Gasteiger partial charge in [-0.25, -0.2) is 9.59 Å². The number of hydrogen-bond donors (Lipinski definition) is 3. The number of nitrogens with zero attached hydrogens (tertiary/aromatic N) is 2. The van der Waals surface area contributed by atoms with Crippen LogP contribution in [0.1, 0.15) is 11.1 Å². The minimum absolute atomic E-state index is 0.399. The number of aryl methyl sites for hydroxylation is 1. The molecule has 0 aromatic heterocycles. The second kappa shape index (κ2) is 9.47. The van der Waals surface area contributed by atoms with Gasteiger partial charge in [-0.2, -0.15) is 0 Å². The number of amidine groups is 1. The third-order valence-electron chi connectivity index (χ3n) is 4.51. The summed E-state index contributed by atoms with van der Waals surface area (Å²) in [7, 11) is 0. The average molecular weight is 413 g/mol. The van der Waals surface area contributed by atoms with Gasteiger partial charge in [0, 0.05) is 24.5 Å². The molecule has 0 aliphatic carbocycles. The van der Waals surface area contributed by atoms with E-state index in [4.69, 9.17) is 19.8 Å².